The van der Waals surface area contributed by atoms with Crippen LogP contribution in [0.25, 0.3) is 0 Å². The molecule has 5 heteroatoms. The van der Waals surface area contributed by atoms with Crippen LogP contribution in [-0.2, 0) is 0 Å². The highest BCUT2D eigenvalue weighted by atomic mass is 35.5. The van der Waals surface area contributed by atoms with Crippen molar-refractivity contribution in [2.45, 2.75) is 0 Å². The summed E-state index contributed by atoms with van der Waals surface area (Å²) in [6.45, 7) is 0. The molecule has 2 nitrogen and oxygen atoms in total. The number of ketones is 1. The van der Waals surface area contributed by atoms with Gasteiger partial charge >= 0.3 is 0 Å². The van der Waals surface area contributed by atoms with Gasteiger partial charge in [-0.1, -0.05) is 17.7 Å². The van der Waals surface area contributed by atoms with Crippen molar-refractivity contribution in [1.29, 1.82) is 0 Å². The predicted molar refractivity (Wildman–Crippen MR) is 59.0 cm³/mol. The topological polar surface area (TPSA) is 30.0 Å². The van der Waals surface area contributed by atoms with E-state index in [9.17, 15) is 13.6 Å². The van der Waals surface area contributed by atoms with Crippen molar-refractivity contribution < 1.29 is 13.6 Å². The number of benzene rings is 1. The number of nitrogens with zero attached hydrogens (tertiary/aromatic N) is 1. The monoisotopic (exact) mass is 253 g/mol. The van der Waals surface area contributed by atoms with E-state index in [4.69, 9.17) is 11.6 Å². The summed E-state index contributed by atoms with van der Waals surface area (Å²) in [6, 6.07) is 5.19. The van der Waals surface area contributed by atoms with E-state index in [1.165, 1.54) is 30.5 Å². The van der Waals surface area contributed by atoms with Crippen LogP contribution in [0.3, 0.4) is 0 Å². The fraction of sp³-hybridized carbons (Fsp3) is 0. The Balaban J connectivity index is 2.52. The number of carbonyl (C=O) groups excluding carboxylic acids is 1. The van der Waals surface area contributed by atoms with Gasteiger partial charge < -0.3 is 0 Å². The highest BCUT2D eigenvalue weighted by molar-refractivity contribution is 6.31. The van der Waals surface area contributed by atoms with Gasteiger partial charge in [-0.05, 0) is 18.2 Å². The van der Waals surface area contributed by atoms with E-state index in [2.05, 4.69) is 4.98 Å². The first-order valence-corrected chi connectivity index (χ1v) is 5.07. The molecular weight excluding hydrogens is 248 g/mol. The summed E-state index contributed by atoms with van der Waals surface area (Å²) in [4.78, 5) is 15.4. The smallest absolute Gasteiger partial charge is 0.199 e. The van der Waals surface area contributed by atoms with Crippen molar-refractivity contribution in [1.82, 2.24) is 4.98 Å². The van der Waals surface area contributed by atoms with Gasteiger partial charge in [0.05, 0.1) is 22.3 Å². The molecule has 0 N–H and O–H groups in total. The molecule has 0 spiro atoms. The lowest BCUT2D eigenvalue weighted by atomic mass is 10.0. The Morgan fingerprint density at radius 2 is 1.94 bits per heavy atom. The average molecular weight is 254 g/mol. The average Bonchev–Trinajstić information content (AvgIpc) is 2.32. The standard InChI is InChI=1S/C12H6ClF2NO/c13-9-3-1-2-8(11(9)15)12(17)7-4-5-16-6-10(7)14/h1-6H. The van der Waals surface area contributed by atoms with Crippen LogP contribution >= 0.6 is 11.6 Å². The first-order chi connectivity index (χ1) is 8.11. The molecule has 1 heterocycles. The third-order valence-corrected chi connectivity index (χ3v) is 2.51. The fourth-order valence-corrected chi connectivity index (χ4v) is 1.56. The normalized spacial score (nSPS) is 10.3. The molecule has 0 unspecified atom stereocenters. The first-order valence-electron chi connectivity index (χ1n) is 4.69. The predicted octanol–water partition coefficient (Wildman–Crippen LogP) is 3.24. The summed E-state index contributed by atoms with van der Waals surface area (Å²) in [5.41, 5.74) is -0.497. The number of aromatic nitrogens is 1. The molecule has 0 fully saturated rings. The van der Waals surface area contributed by atoms with E-state index in [0.29, 0.717) is 0 Å². The van der Waals surface area contributed by atoms with Gasteiger partial charge in [0.1, 0.15) is 0 Å². The van der Waals surface area contributed by atoms with Gasteiger partial charge in [-0.15, -0.1) is 0 Å². The van der Waals surface area contributed by atoms with E-state index in [1.54, 1.807) is 0 Å². The molecule has 0 saturated carbocycles. The minimum Gasteiger partial charge on any atom is -0.288 e. The molecule has 0 amide bonds. The molecule has 0 aliphatic heterocycles. The highest BCUT2D eigenvalue weighted by Crippen LogP contribution is 2.21. The zero-order valence-electron chi connectivity index (χ0n) is 8.45. The summed E-state index contributed by atoms with van der Waals surface area (Å²) < 4.78 is 26.9. The molecule has 0 radical (unpaired) electrons. The third-order valence-electron chi connectivity index (χ3n) is 2.21. The Labute approximate surface area is 101 Å². The summed E-state index contributed by atoms with van der Waals surface area (Å²) in [5.74, 6) is -2.41. The Morgan fingerprint density at radius 1 is 1.18 bits per heavy atom. The molecule has 86 valence electrons. The van der Waals surface area contributed by atoms with Gasteiger partial charge in [0, 0.05) is 6.20 Å². The zero-order valence-corrected chi connectivity index (χ0v) is 9.21. The lowest BCUT2D eigenvalue weighted by Crippen LogP contribution is -2.07. The van der Waals surface area contributed by atoms with Crippen molar-refractivity contribution >= 4 is 17.4 Å². The minimum atomic E-state index is -0.852. The van der Waals surface area contributed by atoms with Gasteiger partial charge in [0.25, 0.3) is 0 Å². The van der Waals surface area contributed by atoms with Crippen molar-refractivity contribution in [3.05, 3.63) is 64.4 Å². The van der Waals surface area contributed by atoms with Gasteiger partial charge in [-0.25, -0.2) is 8.78 Å². The minimum absolute atomic E-state index is 0.176. The van der Waals surface area contributed by atoms with Gasteiger partial charge in [0.2, 0.25) is 0 Å². The molecule has 2 aromatic rings. The molecular formula is C12H6ClF2NO. The van der Waals surface area contributed by atoms with E-state index in [-0.39, 0.29) is 16.1 Å². The Kier molecular flexibility index (Phi) is 3.15. The van der Waals surface area contributed by atoms with Gasteiger partial charge in [-0.3, -0.25) is 9.78 Å². The number of hydrogen-bond donors (Lipinski definition) is 0. The maximum absolute atomic E-state index is 13.6. The molecule has 1 aromatic heterocycles. The van der Waals surface area contributed by atoms with Crippen molar-refractivity contribution in [2.24, 2.45) is 0 Å². The Bertz CT molecular complexity index is 586. The summed E-state index contributed by atoms with van der Waals surface area (Å²) >= 11 is 5.55. The van der Waals surface area contributed by atoms with Crippen LogP contribution in [0.15, 0.2) is 36.7 Å². The Morgan fingerprint density at radius 3 is 2.65 bits per heavy atom. The van der Waals surface area contributed by atoms with Crippen LogP contribution in [0.4, 0.5) is 8.78 Å². The molecule has 2 rings (SSSR count). The molecule has 17 heavy (non-hydrogen) atoms. The third kappa shape index (κ3) is 2.17. The zero-order chi connectivity index (χ0) is 12.4. The van der Waals surface area contributed by atoms with Crippen LogP contribution in [0.5, 0.6) is 0 Å². The van der Waals surface area contributed by atoms with Crippen molar-refractivity contribution in [3.63, 3.8) is 0 Å². The second-order valence-electron chi connectivity index (χ2n) is 3.29. The first kappa shape index (κ1) is 11.7. The number of pyridine rings is 1. The van der Waals surface area contributed by atoms with Crippen LogP contribution in [0.2, 0.25) is 5.02 Å². The molecule has 1 aromatic carbocycles. The maximum atomic E-state index is 13.6. The van der Waals surface area contributed by atoms with Gasteiger partial charge in [-0.2, -0.15) is 0 Å². The second-order valence-corrected chi connectivity index (χ2v) is 3.69. The Hall–Kier alpha value is -1.81. The number of carbonyl (C=O) groups is 1. The number of hydrogen-bond acceptors (Lipinski definition) is 2. The summed E-state index contributed by atoms with van der Waals surface area (Å²) in [6.07, 6.45) is 2.16. The maximum Gasteiger partial charge on any atom is 0.199 e. The highest BCUT2D eigenvalue weighted by Gasteiger charge is 2.18. The van der Waals surface area contributed by atoms with E-state index in [0.717, 1.165) is 6.20 Å². The molecule has 0 aliphatic rings. The summed E-state index contributed by atoms with van der Waals surface area (Å²) in [7, 11) is 0. The van der Waals surface area contributed by atoms with Crippen LogP contribution < -0.4 is 0 Å². The van der Waals surface area contributed by atoms with E-state index < -0.39 is 17.4 Å². The lowest BCUT2D eigenvalue weighted by Gasteiger charge is -2.04. The number of halogens is 3. The van der Waals surface area contributed by atoms with E-state index in [1.807, 2.05) is 0 Å². The van der Waals surface area contributed by atoms with Crippen LogP contribution in [0.1, 0.15) is 15.9 Å². The second kappa shape index (κ2) is 4.59. The fourth-order valence-electron chi connectivity index (χ4n) is 1.38. The van der Waals surface area contributed by atoms with Crippen LogP contribution in [-0.4, -0.2) is 10.8 Å². The lowest BCUT2D eigenvalue weighted by molar-refractivity contribution is 0.103. The van der Waals surface area contributed by atoms with Gasteiger partial charge in [0.15, 0.2) is 17.4 Å². The quantitative estimate of drug-likeness (QED) is 0.769. The molecule has 0 bridgehead atoms. The molecule has 0 saturated heterocycles. The number of rotatable bonds is 2. The molecule has 0 atom stereocenters. The van der Waals surface area contributed by atoms with Crippen LogP contribution in [0, 0.1) is 11.6 Å². The largest absolute Gasteiger partial charge is 0.288 e. The summed E-state index contributed by atoms with van der Waals surface area (Å²) in [5, 5.41) is -0.176. The van der Waals surface area contributed by atoms with Crippen molar-refractivity contribution in [3.8, 4) is 0 Å². The van der Waals surface area contributed by atoms with Crippen molar-refractivity contribution in [2.75, 3.05) is 0 Å². The van der Waals surface area contributed by atoms with E-state index >= 15 is 0 Å². The molecule has 0 aliphatic carbocycles. The SMILES string of the molecule is O=C(c1ccncc1F)c1cccc(Cl)c1F.